The molecule has 0 spiro atoms. The molecule has 2 N–H and O–H groups in total. The third-order valence-corrected chi connectivity index (χ3v) is 6.51. The van der Waals surface area contributed by atoms with Gasteiger partial charge in [-0.25, -0.2) is 0 Å². The first-order chi connectivity index (χ1) is 16.8. The summed E-state index contributed by atoms with van der Waals surface area (Å²) in [5.41, 5.74) is 13.6. The molecule has 0 heterocycles. The van der Waals surface area contributed by atoms with E-state index >= 15 is 0 Å². The average Bonchev–Trinajstić information content (AvgIpc) is 2.81. The van der Waals surface area contributed by atoms with Gasteiger partial charge in [0, 0.05) is 30.2 Å². The number of nitrogens with zero attached hydrogens (tertiary/aromatic N) is 1. The van der Waals surface area contributed by atoms with E-state index in [0.717, 1.165) is 24.5 Å². The molecule has 0 fully saturated rings. The van der Waals surface area contributed by atoms with Crippen LogP contribution in [-0.4, -0.2) is 13.1 Å². The van der Waals surface area contributed by atoms with Crippen LogP contribution in [0.5, 0.6) is 0 Å². The maximum Gasteiger partial charge on any atom is 0.0650 e. The molecule has 0 radical (unpaired) electrons. The number of benzene rings is 4. The molecule has 3 nitrogen and oxygen atoms in total. The molecule has 3 heteroatoms. The Morgan fingerprint density at radius 1 is 0.600 bits per heavy atom. The SMILES string of the molecule is Cc1cc(C)c(NCCN(c2ccccc2)c2ccccc2Nc2c(C)cc(C)cc2C)c(C)c1. The van der Waals surface area contributed by atoms with E-state index in [1.54, 1.807) is 0 Å². The van der Waals surface area contributed by atoms with Crippen LogP contribution in [0.15, 0.2) is 78.9 Å². The van der Waals surface area contributed by atoms with E-state index in [-0.39, 0.29) is 0 Å². The molecule has 0 aliphatic rings. The first-order valence-corrected chi connectivity index (χ1v) is 12.4. The van der Waals surface area contributed by atoms with Crippen LogP contribution in [0.3, 0.4) is 0 Å². The minimum atomic E-state index is 0.830. The lowest BCUT2D eigenvalue weighted by atomic mass is 10.0. The zero-order valence-corrected chi connectivity index (χ0v) is 21.9. The maximum absolute atomic E-state index is 3.76. The highest BCUT2D eigenvalue weighted by Crippen LogP contribution is 2.35. The van der Waals surface area contributed by atoms with Gasteiger partial charge in [0.15, 0.2) is 0 Å². The summed E-state index contributed by atoms with van der Waals surface area (Å²) in [5.74, 6) is 0. The summed E-state index contributed by atoms with van der Waals surface area (Å²) < 4.78 is 0. The van der Waals surface area contributed by atoms with Gasteiger partial charge in [0.2, 0.25) is 0 Å². The molecule has 4 aromatic rings. The van der Waals surface area contributed by atoms with Gasteiger partial charge in [0.05, 0.1) is 11.4 Å². The smallest absolute Gasteiger partial charge is 0.0650 e. The Morgan fingerprint density at radius 2 is 1.11 bits per heavy atom. The number of hydrogen-bond donors (Lipinski definition) is 2. The molecule has 4 rings (SSSR count). The monoisotopic (exact) mass is 463 g/mol. The normalized spacial score (nSPS) is 10.8. The molecular formula is C32H37N3. The predicted octanol–water partition coefficient (Wildman–Crippen LogP) is 8.53. The summed E-state index contributed by atoms with van der Waals surface area (Å²) in [5, 5.41) is 7.47. The van der Waals surface area contributed by atoms with Gasteiger partial charge in [0.25, 0.3) is 0 Å². The minimum absolute atomic E-state index is 0.830. The van der Waals surface area contributed by atoms with E-state index in [0.29, 0.717) is 0 Å². The summed E-state index contributed by atoms with van der Waals surface area (Å²) >= 11 is 0. The second-order valence-corrected chi connectivity index (χ2v) is 9.60. The molecule has 0 bridgehead atoms. The number of nitrogens with one attached hydrogen (secondary N) is 2. The Labute approximate surface area is 210 Å². The van der Waals surface area contributed by atoms with Crippen LogP contribution in [0.1, 0.15) is 33.4 Å². The minimum Gasteiger partial charge on any atom is -0.383 e. The Morgan fingerprint density at radius 3 is 1.71 bits per heavy atom. The summed E-state index contributed by atoms with van der Waals surface area (Å²) in [4.78, 5) is 2.40. The molecule has 0 atom stereocenters. The van der Waals surface area contributed by atoms with Crippen molar-refractivity contribution in [2.45, 2.75) is 41.5 Å². The fraction of sp³-hybridized carbons (Fsp3) is 0.250. The van der Waals surface area contributed by atoms with Crippen molar-refractivity contribution in [1.29, 1.82) is 0 Å². The van der Waals surface area contributed by atoms with E-state index in [4.69, 9.17) is 0 Å². The number of anilines is 5. The largest absolute Gasteiger partial charge is 0.383 e. The highest BCUT2D eigenvalue weighted by Gasteiger charge is 2.15. The van der Waals surface area contributed by atoms with E-state index in [2.05, 4.69) is 136 Å². The number of rotatable bonds is 8. The van der Waals surface area contributed by atoms with Crippen LogP contribution in [-0.2, 0) is 0 Å². The Kier molecular flexibility index (Phi) is 7.45. The van der Waals surface area contributed by atoms with Crippen molar-refractivity contribution >= 4 is 28.4 Å². The van der Waals surface area contributed by atoms with E-state index in [1.165, 1.54) is 50.4 Å². The molecule has 0 amide bonds. The van der Waals surface area contributed by atoms with Crippen LogP contribution >= 0.6 is 0 Å². The molecule has 0 saturated heterocycles. The van der Waals surface area contributed by atoms with Gasteiger partial charge >= 0.3 is 0 Å². The second-order valence-electron chi connectivity index (χ2n) is 9.60. The van der Waals surface area contributed by atoms with Gasteiger partial charge in [-0.1, -0.05) is 65.7 Å². The standard InChI is InChI=1S/C32H37N3/c1-22-18-24(3)31(25(4)19-22)33-16-17-35(28-12-8-7-9-13-28)30-15-11-10-14-29(30)34-32-26(5)20-23(2)21-27(32)6/h7-15,18-21,33-34H,16-17H2,1-6H3. The molecule has 0 aliphatic heterocycles. The van der Waals surface area contributed by atoms with Crippen molar-refractivity contribution in [1.82, 2.24) is 0 Å². The zero-order chi connectivity index (χ0) is 24.9. The first-order valence-electron chi connectivity index (χ1n) is 12.4. The summed E-state index contributed by atoms with van der Waals surface area (Å²) in [6.07, 6.45) is 0. The molecule has 0 aromatic heterocycles. The lowest BCUT2D eigenvalue weighted by Gasteiger charge is -2.29. The van der Waals surface area contributed by atoms with Crippen molar-refractivity contribution in [3.63, 3.8) is 0 Å². The van der Waals surface area contributed by atoms with Crippen molar-refractivity contribution in [3.05, 3.63) is 112 Å². The lowest BCUT2D eigenvalue weighted by molar-refractivity contribution is 0.954. The first kappa shape index (κ1) is 24.4. The Bertz CT molecular complexity index is 1260. The van der Waals surface area contributed by atoms with Crippen LogP contribution in [0.2, 0.25) is 0 Å². The second kappa shape index (κ2) is 10.7. The fourth-order valence-electron chi connectivity index (χ4n) is 5.07. The molecule has 35 heavy (non-hydrogen) atoms. The van der Waals surface area contributed by atoms with Gasteiger partial charge in [-0.05, 0) is 88.1 Å². The van der Waals surface area contributed by atoms with Gasteiger partial charge in [-0.3, -0.25) is 0 Å². The summed E-state index contributed by atoms with van der Waals surface area (Å²) in [6, 6.07) is 28.2. The third-order valence-electron chi connectivity index (χ3n) is 6.51. The summed E-state index contributed by atoms with van der Waals surface area (Å²) in [6.45, 7) is 14.7. The van der Waals surface area contributed by atoms with Gasteiger partial charge in [0.1, 0.15) is 0 Å². The van der Waals surface area contributed by atoms with Crippen molar-refractivity contribution < 1.29 is 0 Å². The van der Waals surface area contributed by atoms with Gasteiger partial charge < -0.3 is 15.5 Å². The average molecular weight is 464 g/mol. The lowest BCUT2D eigenvalue weighted by Crippen LogP contribution is -2.25. The number of aryl methyl sites for hydroxylation is 6. The van der Waals surface area contributed by atoms with Crippen LogP contribution in [0.4, 0.5) is 28.4 Å². The molecular weight excluding hydrogens is 426 g/mol. The van der Waals surface area contributed by atoms with Crippen molar-refractivity contribution in [2.24, 2.45) is 0 Å². The van der Waals surface area contributed by atoms with Gasteiger partial charge in [-0.15, -0.1) is 0 Å². The maximum atomic E-state index is 3.76. The van der Waals surface area contributed by atoms with Crippen molar-refractivity contribution in [2.75, 3.05) is 28.6 Å². The summed E-state index contributed by atoms with van der Waals surface area (Å²) in [7, 11) is 0. The third kappa shape index (κ3) is 5.68. The zero-order valence-electron chi connectivity index (χ0n) is 21.9. The Balaban J connectivity index is 1.65. The molecule has 0 unspecified atom stereocenters. The number of hydrogen-bond acceptors (Lipinski definition) is 3. The molecule has 0 saturated carbocycles. The quantitative estimate of drug-likeness (QED) is 0.274. The van der Waals surface area contributed by atoms with E-state index in [9.17, 15) is 0 Å². The topological polar surface area (TPSA) is 27.3 Å². The molecule has 180 valence electrons. The van der Waals surface area contributed by atoms with Crippen LogP contribution < -0.4 is 15.5 Å². The predicted molar refractivity (Wildman–Crippen MR) is 153 cm³/mol. The highest BCUT2D eigenvalue weighted by molar-refractivity contribution is 5.81. The molecule has 4 aromatic carbocycles. The van der Waals surface area contributed by atoms with Crippen molar-refractivity contribution in [3.8, 4) is 0 Å². The number of para-hydroxylation sites is 3. The van der Waals surface area contributed by atoms with E-state index in [1.807, 2.05) is 0 Å². The van der Waals surface area contributed by atoms with Crippen LogP contribution in [0.25, 0.3) is 0 Å². The van der Waals surface area contributed by atoms with Crippen LogP contribution in [0, 0.1) is 41.5 Å². The molecule has 0 aliphatic carbocycles. The Hall–Kier alpha value is -3.72. The van der Waals surface area contributed by atoms with E-state index < -0.39 is 0 Å². The highest BCUT2D eigenvalue weighted by atomic mass is 15.2. The van der Waals surface area contributed by atoms with Gasteiger partial charge in [-0.2, -0.15) is 0 Å². The fourth-order valence-corrected chi connectivity index (χ4v) is 5.07.